The van der Waals surface area contributed by atoms with E-state index in [9.17, 15) is 8.78 Å². The molecule has 0 atom stereocenters. The molecule has 0 aromatic heterocycles. The summed E-state index contributed by atoms with van der Waals surface area (Å²) in [6.45, 7) is 1.42. The molecule has 0 N–H and O–H groups in total. The first-order valence-corrected chi connectivity index (χ1v) is 13.3. The zero-order valence-corrected chi connectivity index (χ0v) is 21.1. The summed E-state index contributed by atoms with van der Waals surface area (Å²) in [6.07, 6.45) is -2.08. The Morgan fingerprint density at radius 3 is 1.35 bits per heavy atom. The average Bonchev–Trinajstić information content (AvgIpc) is 2.80. The van der Waals surface area contributed by atoms with E-state index < -0.39 is 34.7 Å². The molecule has 0 spiro atoms. The molecular formula is C26H26F4OS3. The molecule has 0 aliphatic carbocycles. The highest BCUT2D eigenvalue weighted by atomic mass is 32.3. The van der Waals surface area contributed by atoms with Gasteiger partial charge in [0.1, 0.15) is 3.41 Å². The second-order valence-corrected chi connectivity index (χ2v) is 12.4. The Morgan fingerprint density at radius 1 is 0.618 bits per heavy atom. The highest BCUT2D eigenvalue weighted by Gasteiger charge is 2.59. The summed E-state index contributed by atoms with van der Waals surface area (Å²) < 4.78 is 64.0. The standard InChI is InChI=1S/C26H26F4OS3/c1-2-31-19-18-24(27,28)25(29,30)20-26(32-21-12-6-3-7-13-21,33-22-14-8-4-9-15-22)34-23-16-10-5-11-17-23/h3-17H,2,18-20H2,1H3. The van der Waals surface area contributed by atoms with Crippen LogP contribution in [-0.4, -0.2) is 28.5 Å². The van der Waals surface area contributed by atoms with Crippen LogP contribution in [0.1, 0.15) is 19.8 Å². The van der Waals surface area contributed by atoms with E-state index in [0.29, 0.717) is 0 Å². The van der Waals surface area contributed by atoms with Gasteiger partial charge in [0.15, 0.2) is 0 Å². The van der Waals surface area contributed by atoms with Gasteiger partial charge in [-0.25, -0.2) is 0 Å². The van der Waals surface area contributed by atoms with Gasteiger partial charge in [-0.2, -0.15) is 17.6 Å². The molecule has 0 saturated carbocycles. The number of alkyl halides is 4. The van der Waals surface area contributed by atoms with Crippen LogP contribution in [0.4, 0.5) is 17.6 Å². The van der Waals surface area contributed by atoms with Crippen molar-refractivity contribution < 1.29 is 22.3 Å². The summed E-state index contributed by atoms with van der Waals surface area (Å²) in [4.78, 5) is 2.17. The zero-order chi connectivity index (χ0) is 24.5. The summed E-state index contributed by atoms with van der Waals surface area (Å²) in [6, 6.07) is 27.2. The van der Waals surface area contributed by atoms with E-state index in [1.165, 1.54) is 35.3 Å². The number of benzene rings is 3. The lowest BCUT2D eigenvalue weighted by molar-refractivity contribution is -0.218. The lowest BCUT2D eigenvalue weighted by atomic mass is 10.1. The number of thioether (sulfide) groups is 3. The third-order valence-electron chi connectivity index (χ3n) is 4.79. The first-order chi connectivity index (χ1) is 16.3. The maximum atomic E-state index is 15.4. The lowest BCUT2D eigenvalue weighted by Gasteiger charge is -2.37. The van der Waals surface area contributed by atoms with E-state index >= 15 is 8.78 Å². The Kier molecular flexibility index (Phi) is 9.83. The van der Waals surface area contributed by atoms with Crippen LogP contribution < -0.4 is 0 Å². The summed E-state index contributed by atoms with van der Waals surface area (Å²) in [5.74, 6) is -8.46. The Morgan fingerprint density at radius 2 is 1.00 bits per heavy atom. The number of hydrogen-bond donors (Lipinski definition) is 0. The molecule has 34 heavy (non-hydrogen) atoms. The van der Waals surface area contributed by atoms with Gasteiger partial charge in [0.2, 0.25) is 0 Å². The third-order valence-corrected chi connectivity index (χ3v) is 9.18. The van der Waals surface area contributed by atoms with Crippen LogP contribution in [0.3, 0.4) is 0 Å². The molecular weight excluding hydrogens is 500 g/mol. The second kappa shape index (κ2) is 12.4. The van der Waals surface area contributed by atoms with Crippen molar-refractivity contribution in [3.05, 3.63) is 91.0 Å². The summed E-state index contributed by atoms with van der Waals surface area (Å²) in [7, 11) is 0. The van der Waals surface area contributed by atoms with E-state index in [1.807, 2.05) is 91.0 Å². The van der Waals surface area contributed by atoms with Crippen LogP contribution in [0.5, 0.6) is 0 Å². The first kappa shape index (κ1) is 27.0. The Hall–Kier alpha value is -1.61. The van der Waals surface area contributed by atoms with Gasteiger partial charge in [-0.3, -0.25) is 0 Å². The molecule has 0 fully saturated rings. The van der Waals surface area contributed by atoms with E-state index in [-0.39, 0.29) is 6.61 Å². The van der Waals surface area contributed by atoms with E-state index in [0.717, 1.165) is 14.7 Å². The summed E-state index contributed by atoms with van der Waals surface area (Å²) in [5.41, 5.74) is 0. The smallest absolute Gasteiger partial charge is 0.313 e. The highest BCUT2D eigenvalue weighted by Crippen LogP contribution is 2.61. The molecule has 182 valence electrons. The molecule has 3 rings (SSSR count). The summed E-state index contributed by atoms with van der Waals surface area (Å²) >= 11 is 3.54. The Bertz CT molecular complexity index is 887. The minimum Gasteiger partial charge on any atom is -0.382 e. The number of rotatable bonds is 13. The van der Waals surface area contributed by atoms with Gasteiger partial charge < -0.3 is 4.74 Å². The van der Waals surface area contributed by atoms with Gasteiger partial charge in [-0.15, -0.1) is 0 Å². The largest absolute Gasteiger partial charge is 0.382 e. The summed E-state index contributed by atoms with van der Waals surface area (Å²) in [5, 5.41) is 0. The van der Waals surface area contributed by atoms with Crippen molar-refractivity contribution in [3.8, 4) is 0 Å². The third kappa shape index (κ3) is 7.70. The van der Waals surface area contributed by atoms with E-state index in [4.69, 9.17) is 4.74 Å². The zero-order valence-electron chi connectivity index (χ0n) is 18.6. The predicted octanol–water partition coefficient (Wildman–Crippen LogP) is 9.10. The molecule has 8 heteroatoms. The van der Waals surface area contributed by atoms with Crippen molar-refractivity contribution in [2.75, 3.05) is 13.2 Å². The SMILES string of the molecule is CCOCCC(F)(F)C(F)(F)CC(Sc1ccccc1)(Sc1ccccc1)Sc1ccccc1. The quantitative estimate of drug-likeness (QED) is 0.0950. The fourth-order valence-corrected chi connectivity index (χ4v) is 8.05. The van der Waals surface area contributed by atoms with Gasteiger partial charge in [-0.1, -0.05) is 89.9 Å². The maximum Gasteiger partial charge on any atom is 0.313 e. The predicted molar refractivity (Wildman–Crippen MR) is 135 cm³/mol. The first-order valence-electron chi connectivity index (χ1n) is 10.8. The molecule has 0 bridgehead atoms. The van der Waals surface area contributed by atoms with Gasteiger partial charge >= 0.3 is 11.8 Å². The molecule has 3 aromatic carbocycles. The molecule has 0 radical (unpaired) electrons. The number of ether oxygens (including phenoxy) is 1. The molecule has 0 aliphatic rings. The van der Waals surface area contributed by atoms with Crippen LogP contribution in [0, 0.1) is 0 Å². The van der Waals surface area contributed by atoms with Crippen molar-refractivity contribution in [2.24, 2.45) is 0 Å². The topological polar surface area (TPSA) is 9.23 Å². The van der Waals surface area contributed by atoms with Crippen LogP contribution in [-0.2, 0) is 4.74 Å². The van der Waals surface area contributed by atoms with Crippen molar-refractivity contribution in [3.63, 3.8) is 0 Å². The van der Waals surface area contributed by atoms with Crippen molar-refractivity contribution in [2.45, 2.75) is 49.7 Å². The van der Waals surface area contributed by atoms with Gasteiger partial charge in [0, 0.05) is 27.7 Å². The van der Waals surface area contributed by atoms with Gasteiger partial charge in [0.05, 0.1) is 13.0 Å². The maximum absolute atomic E-state index is 15.4. The molecule has 0 unspecified atom stereocenters. The van der Waals surface area contributed by atoms with E-state index in [2.05, 4.69) is 0 Å². The molecule has 3 aromatic rings. The molecule has 0 aliphatic heterocycles. The minimum atomic E-state index is -4.25. The number of halogens is 4. The molecule has 0 amide bonds. The highest BCUT2D eigenvalue weighted by molar-refractivity contribution is 8.33. The fourth-order valence-electron chi connectivity index (χ4n) is 3.10. The molecule has 0 saturated heterocycles. The average molecular weight is 527 g/mol. The Labute approximate surface area is 211 Å². The van der Waals surface area contributed by atoms with Gasteiger partial charge in [0.25, 0.3) is 0 Å². The van der Waals surface area contributed by atoms with Crippen LogP contribution in [0.2, 0.25) is 0 Å². The minimum absolute atomic E-state index is 0.198. The fraction of sp³-hybridized carbons (Fsp3) is 0.308. The van der Waals surface area contributed by atoms with Crippen LogP contribution >= 0.6 is 35.3 Å². The van der Waals surface area contributed by atoms with E-state index in [1.54, 1.807) is 6.92 Å². The van der Waals surface area contributed by atoms with Crippen molar-refractivity contribution >= 4 is 35.3 Å². The van der Waals surface area contributed by atoms with Crippen molar-refractivity contribution in [1.29, 1.82) is 0 Å². The molecule has 0 heterocycles. The monoisotopic (exact) mass is 526 g/mol. The number of hydrogen-bond acceptors (Lipinski definition) is 4. The second-order valence-electron chi connectivity index (χ2n) is 7.46. The van der Waals surface area contributed by atoms with Crippen molar-refractivity contribution in [1.82, 2.24) is 0 Å². The lowest BCUT2D eigenvalue weighted by Crippen LogP contribution is -2.45. The van der Waals surface area contributed by atoms with Crippen LogP contribution in [0.15, 0.2) is 106 Å². The van der Waals surface area contributed by atoms with Crippen LogP contribution in [0.25, 0.3) is 0 Å². The molecule has 1 nitrogen and oxygen atoms in total. The Balaban J connectivity index is 2.03. The normalized spacial score (nSPS) is 12.6. The van der Waals surface area contributed by atoms with Gasteiger partial charge in [-0.05, 0) is 43.3 Å².